The fraction of sp³-hybridized carbons (Fsp3) is 0. The van der Waals surface area contributed by atoms with Gasteiger partial charge in [-0.25, -0.2) is 0 Å². The molecule has 0 bridgehead atoms. The number of allylic oxidation sites excluding steroid dienone is 1. The molecule has 0 fully saturated rings. The molecule has 1 aliphatic rings. The van der Waals surface area contributed by atoms with Crippen molar-refractivity contribution < 1.29 is 0 Å². The molecule has 0 nitrogen and oxygen atoms in total. The van der Waals surface area contributed by atoms with Gasteiger partial charge < -0.3 is 0 Å². The third-order valence-corrected chi connectivity index (χ3v) is 4.76. The fourth-order valence-corrected chi connectivity index (χ4v) is 3.58. The van der Waals surface area contributed by atoms with E-state index in [4.69, 9.17) is 0 Å². The van der Waals surface area contributed by atoms with E-state index in [0.29, 0.717) is 0 Å². The van der Waals surface area contributed by atoms with Crippen LogP contribution in [0.2, 0.25) is 0 Å². The number of benzene rings is 4. The summed E-state index contributed by atoms with van der Waals surface area (Å²) in [4.78, 5) is 0. The number of hydrogen-bond donors (Lipinski definition) is 0. The van der Waals surface area contributed by atoms with Crippen molar-refractivity contribution in [2.24, 2.45) is 0 Å². The van der Waals surface area contributed by atoms with Gasteiger partial charge in [0.1, 0.15) is 0 Å². The van der Waals surface area contributed by atoms with Gasteiger partial charge in [-0.15, -0.1) is 0 Å². The van der Waals surface area contributed by atoms with Gasteiger partial charge in [-0.3, -0.25) is 0 Å². The van der Waals surface area contributed by atoms with E-state index in [2.05, 4.69) is 73.3 Å². The van der Waals surface area contributed by atoms with E-state index >= 15 is 0 Å². The first-order valence-electron chi connectivity index (χ1n) is 7.58. The minimum absolute atomic E-state index is 1.25. The zero-order valence-electron chi connectivity index (χ0n) is 12.1. The second kappa shape index (κ2) is 4.08. The van der Waals surface area contributed by atoms with Gasteiger partial charge in [-0.05, 0) is 66.5 Å². The molecule has 4 aromatic carbocycles. The lowest BCUT2D eigenvalue weighted by atomic mass is 9.92. The van der Waals surface area contributed by atoms with Crippen LogP contribution in [0.3, 0.4) is 0 Å². The average Bonchev–Trinajstić information content (AvgIpc) is 2.53. The SMILES string of the molecule is C=CC1=c2ccc3c(ccc4cc5ccccc5cc43)c2=C1. The lowest BCUT2D eigenvalue weighted by Gasteiger charge is -2.12. The minimum Gasteiger partial charge on any atom is -0.0984 e. The van der Waals surface area contributed by atoms with Crippen LogP contribution in [-0.2, 0) is 0 Å². The highest BCUT2D eigenvalue weighted by Crippen LogP contribution is 2.28. The van der Waals surface area contributed by atoms with Crippen molar-refractivity contribution in [3.63, 3.8) is 0 Å². The molecule has 0 aliphatic heterocycles. The van der Waals surface area contributed by atoms with Crippen LogP contribution in [0.25, 0.3) is 44.0 Å². The van der Waals surface area contributed by atoms with Gasteiger partial charge in [0.15, 0.2) is 0 Å². The van der Waals surface area contributed by atoms with E-state index in [9.17, 15) is 0 Å². The Morgan fingerprint density at radius 2 is 1.45 bits per heavy atom. The van der Waals surface area contributed by atoms with Gasteiger partial charge in [0.2, 0.25) is 0 Å². The number of rotatable bonds is 1. The van der Waals surface area contributed by atoms with Crippen LogP contribution < -0.4 is 10.4 Å². The summed E-state index contributed by atoms with van der Waals surface area (Å²) >= 11 is 0. The maximum absolute atomic E-state index is 3.88. The summed E-state index contributed by atoms with van der Waals surface area (Å²) < 4.78 is 0. The van der Waals surface area contributed by atoms with Crippen molar-refractivity contribution in [2.45, 2.75) is 0 Å². The summed E-state index contributed by atoms with van der Waals surface area (Å²) in [7, 11) is 0. The molecule has 4 aromatic rings. The Bertz CT molecular complexity index is 1220. The van der Waals surface area contributed by atoms with E-state index in [1.807, 2.05) is 6.08 Å². The molecule has 0 aromatic heterocycles. The Morgan fingerprint density at radius 3 is 2.27 bits per heavy atom. The highest BCUT2D eigenvalue weighted by Gasteiger charge is 2.09. The average molecular weight is 278 g/mol. The highest BCUT2D eigenvalue weighted by molar-refractivity contribution is 6.13. The van der Waals surface area contributed by atoms with Gasteiger partial charge in [0.05, 0.1) is 0 Å². The summed E-state index contributed by atoms with van der Waals surface area (Å²) in [5.74, 6) is 0. The minimum atomic E-state index is 1.25. The van der Waals surface area contributed by atoms with Crippen LogP contribution in [0, 0.1) is 0 Å². The smallest absolute Gasteiger partial charge is 0.00930 e. The molecule has 0 heterocycles. The van der Waals surface area contributed by atoms with Gasteiger partial charge in [-0.2, -0.15) is 0 Å². The highest BCUT2D eigenvalue weighted by atomic mass is 14.1. The Balaban J connectivity index is 1.99. The third kappa shape index (κ3) is 1.42. The predicted octanol–water partition coefficient (Wildman–Crippen LogP) is 4.28. The molecule has 0 radical (unpaired) electrons. The Morgan fingerprint density at radius 1 is 0.682 bits per heavy atom. The van der Waals surface area contributed by atoms with Gasteiger partial charge in [0, 0.05) is 0 Å². The number of hydrogen-bond acceptors (Lipinski definition) is 0. The second-order valence-electron chi connectivity index (χ2n) is 5.91. The molecular weight excluding hydrogens is 264 g/mol. The molecule has 0 amide bonds. The summed E-state index contributed by atoms with van der Waals surface area (Å²) in [6.07, 6.45) is 4.17. The quantitative estimate of drug-likeness (QED) is 0.360. The van der Waals surface area contributed by atoms with Crippen LogP contribution in [0.4, 0.5) is 0 Å². The Labute approximate surface area is 128 Å². The van der Waals surface area contributed by atoms with Crippen molar-refractivity contribution >= 4 is 44.0 Å². The Hall–Kier alpha value is -2.86. The lowest BCUT2D eigenvalue weighted by Crippen LogP contribution is -2.34. The maximum atomic E-state index is 3.88. The molecular formula is C22H14. The summed E-state index contributed by atoms with van der Waals surface area (Å²) in [6, 6.07) is 22.1. The van der Waals surface area contributed by atoms with Crippen LogP contribution in [0.15, 0.2) is 73.3 Å². The Kier molecular flexibility index (Phi) is 2.18. The first-order chi connectivity index (χ1) is 10.8. The summed E-state index contributed by atoms with van der Waals surface area (Å²) in [6.45, 7) is 3.88. The first kappa shape index (κ1) is 11.8. The van der Waals surface area contributed by atoms with E-state index < -0.39 is 0 Å². The normalized spacial score (nSPS) is 13.0. The molecule has 0 saturated heterocycles. The molecule has 0 spiro atoms. The number of fused-ring (bicyclic) bond motifs is 6. The van der Waals surface area contributed by atoms with E-state index in [1.165, 1.54) is 48.3 Å². The van der Waals surface area contributed by atoms with Crippen LogP contribution in [0.1, 0.15) is 0 Å². The monoisotopic (exact) mass is 278 g/mol. The molecule has 0 atom stereocenters. The van der Waals surface area contributed by atoms with E-state index in [1.54, 1.807) is 0 Å². The summed E-state index contributed by atoms with van der Waals surface area (Å²) in [5, 5.41) is 10.6. The van der Waals surface area contributed by atoms with Gasteiger partial charge >= 0.3 is 0 Å². The molecule has 5 rings (SSSR count). The molecule has 0 N–H and O–H groups in total. The van der Waals surface area contributed by atoms with Crippen LogP contribution >= 0.6 is 0 Å². The standard InChI is InChI=1S/C22H14/c1-2-14-12-22-18(14)9-10-19-20(22)8-7-17-11-15-5-3-4-6-16(15)13-21(17)19/h2-13H,1H2. The second-order valence-corrected chi connectivity index (χ2v) is 5.91. The maximum Gasteiger partial charge on any atom is -0.00930 e. The lowest BCUT2D eigenvalue weighted by molar-refractivity contribution is 1.53. The van der Waals surface area contributed by atoms with Crippen molar-refractivity contribution in [3.05, 3.63) is 83.8 Å². The van der Waals surface area contributed by atoms with E-state index in [0.717, 1.165) is 0 Å². The van der Waals surface area contributed by atoms with Gasteiger partial charge in [0.25, 0.3) is 0 Å². The van der Waals surface area contributed by atoms with E-state index in [-0.39, 0.29) is 0 Å². The molecule has 1 aliphatic carbocycles. The van der Waals surface area contributed by atoms with Crippen molar-refractivity contribution in [1.29, 1.82) is 0 Å². The zero-order chi connectivity index (χ0) is 14.7. The molecule has 0 saturated carbocycles. The van der Waals surface area contributed by atoms with Gasteiger partial charge in [-0.1, -0.05) is 61.2 Å². The first-order valence-corrected chi connectivity index (χ1v) is 7.58. The predicted molar refractivity (Wildman–Crippen MR) is 96.3 cm³/mol. The zero-order valence-corrected chi connectivity index (χ0v) is 12.1. The molecule has 0 unspecified atom stereocenters. The molecule has 22 heavy (non-hydrogen) atoms. The van der Waals surface area contributed by atoms with Crippen molar-refractivity contribution in [3.8, 4) is 0 Å². The fourth-order valence-electron chi connectivity index (χ4n) is 3.58. The van der Waals surface area contributed by atoms with Crippen LogP contribution in [0.5, 0.6) is 0 Å². The largest absolute Gasteiger partial charge is 0.0984 e. The summed E-state index contributed by atoms with van der Waals surface area (Å²) in [5.41, 5.74) is 1.25. The molecule has 0 heteroatoms. The van der Waals surface area contributed by atoms with Crippen molar-refractivity contribution in [2.75, 3.05) is 0 Å². The van der Waals surface area contributed by atoms with Crippen LogP contribution in [-0.4, -0.2) is 0 Å². The third-order valence-electron chi connectivity index (χ3n) is 4.76. The van der Waals surface area contributed by atoms with Crippen molar-refractivity contribution in [1.82, 2.24) is 0 Å². The molecule has 102 valence electrons. The topological polar surface area (TPSA) is 0 Å².